The van der Waals surface area contributed by atoms with E-state index >= 15 is 0 Å². The van der Waals surface area contributed by atoms with E-state index < -0.39 is 0 Å². The van der Waals surface area contributed by atoms with Crippen LogP contribution in [0.15, 0.2) is 36.3 Å². The molecule has 0 saturated carbocycles. The average Bonchev–Trinajstić information content (AvgIpc) is 3.03. The van der Waals surface area contributed by atoms with Gasteiger partial charge in [0.05, 0.1) is 17.1 Å². The predicted molar refractivity (Wildman–Crippen MR) is 90.0 cm³/mol. The maximum atomic E-state index is 12.3. The Hall–Kier alpha value is -2.15. The number of nitrogens with one attached hydrogen (secondary N) is 2. The van der Waals surface area contributed by atoms with Gasteiger partial charge in [-0.25, -0.2) is 4.98 Å². The Balaban J connectivity index is 1.79. The minimum absolute atomic E-state index is 0.200. The molecule has 2 aromatic rings. The smallest absolute Gasteiger partial charge is 0.290 e. The number of aromatic nitrogens is 2. The highest BCUT2D eigenvalue weighted by atomic mass is 32.2. The Bertz CT molecular complexity index is 680. The van der Waals surface area contributed by atoms with Crippen molar-refractivity contribution < 1.29 is 14.3 Å². The van der Waals surface area contributed by atoms with Gasteiger partial charge in [0.25, 0.3) is 5.91 Å². The van der Waals surface area contributed by atoms with Gasteiger partial charge in [0.15, 0.2) is 0 Å². The van der Waals surface area contributed by atoms with E-state index in [2.05, 4.69) is 15.3 Å². The Morgan fingerprint density at radius 1 is 1.43 bits per heavy atom. The molecule has 23 heavy (non-hydrogen) atoms. The summed E-state index contributed by atoms with van der Waals surface area (Å²) in [6, 6.07) is 7.62. The lowest BCUT2D eigenvalue weighted by atomic mass is 10.2. The third-order valence-electron chi connectivity index (χ3n) is 3.53. The fraction of sp³-hybridized carbons (Fsp3) is 0.375. The summed E-state index contributed by atoms with van der Waals surface area (Å²) in [6.45, 7) is 0.857. The summed E-state index contributed by atoms with van der Waals surface area (Å²) in [5.74, 6) is 1.60. The summed E-state index contributed by atoms with van der Waals surface area (Å²) in [7, 11) is 0. The summed E-state index contributed by atoms with van der Waals surface area (Å²) in [6.07, 6.45) is 4.18. The van der Waals surface area contributed by atoms with Crippen LogP contribution >= 0.6 is 11.8 Å². The number of rotatable bonds is 6. The molecule has 0 unspecified atom stereocenters. The number of benzene rings is 1. The van der Waals surface area contributed by atoms with E-state index in [-0.39, 0.29) is 17.7 Å². The first-order valence-corrected chi connectivity index (χ1v) is 8.86. The molecule has 122 valence electrons. The number of hydrogen-bond donors (Lipinski definition) is 2. The molecule has 7 heteroatoms. The van der Waals surface area contributed by atoms with E-state index in [0.29, 0.717) is 13.2 Å². The Morgan fingerprint density at radius 3 is 3.04 bits per heavy atom. The Kier molecular flexibility index (Phi) is 5.07. The predicted octanol–water partition coefficient (Wildman–Crippen LogP) is 2.36. The van der Waals surface area contributed by atoms with E-state index in [4.69, 9.17) is 9.47 Å². The lowest BCUT2D eigenvalue weighted by molar-refractivity contribution is -0.123. The van der Waals surface area contributed by atoms with Crippen molar-refractivity contribution in [3.05, 3.63) is 42.1 Å². The van der Waals surface area contributed by atoms with Crippen LogP contribution in [0.3, 0.4) is 0 Å². The zero-order chi connectivity index (χ0) is 16.1. The number of nitrogens with zero attached hydrogens (tertiary/aromatic N) is 1. The number of carbonyl (C=O) groups is 1. The summed E-state index contributed by atoms with van der Waals surface area (Å²) >= 11 is 1.73. The van der Waals surface area contributed by atoms with Crippen molar-refractivity contribution in [2.75, 3.05) is 25.2 Å². The number of amides is 1. The zero-order valence-corrected chi connectivity index (χ0v) is 13.7. The first-order valence-electron chi connectivity index (χ1n) is 7.47. The molecule has 2 N–H and O–H groups in total. The van der Waals surface area contributed by atoms with E-state index in [1.54, 1.807) is 11.8 Å². The second kappa shape index (κ2) is 7.41. The third-order valence-corrected chi connectivity index (χ3v) is 4.17. The van der Waals surface area contributed by atoms with Gasteiger partial charge in [0.2, 0.25) is 5.76 Å². The third kappa shape index (κ3) is 3.79. The number of ether oxygens (including phenoxy) is 2. The van der Waals surface area contributed by atoms with Gasteiger partial charge in [-0.15, -0.1) is 0 Å². The number of para-hydroxylation sites is 2. The van der Waals surface area contributed by atoms with Crippen LogP contribution in [0, 0.1) is 0 Å². The Morgan fingerprint density at radius 2 is 2.30 bits per heavy atom. The summed E-state index contributed by atoms with van der Waals surface area (Å²) in [5, 5.41) is 2.98. The van der Waals surface area contributed by atoms with Gasteiger partial charge in [-0.05, 0) is 30.6 Å². The van der Waals surface area contributed by atoms with E-state index in [1.807, 2.05) is 30.5 Å². The van der Waals surface area contributed by atoms with E-state index in [9.17, 15) is 4.79 Å². The quantitative estimate of drug-likeness (QED) is 0.849. The summed E-state index contributed by atoms with van der Waals surface area (Å²) < 4.78 is 10.5. The molecular weight excluding hydrogens is 314 g/mol. The van der Waals surface area contributed by atoms with Crippen LogP contribution < -0.4 is 5.32 Å². The molecule has 2 heterocycles. The fourth-order valence-corrected chi connectivity index (χ4v) is 2.84. The summed E-state index contributed by atoms with van der Waals surface area (Å²) in [5.41, 5.74) is 1.85. The largest absolute Gasteiger partial charge is 0.494 e. The van der Waals surface area contributed by atoms with Crippen molar-refractivity contribution in [3.8, 4) is 0 Å². The molecule has 1 aromatic heterocycles. The van der Waals surface area contributed by atoms with Gasteiger partial charge in [-0.2, -0.15) is 11.8 Å². The molecule has 1 aromatic carbocycles. The molecule has 0 radical (unpaired) electrons. The van der Waals surface area contributed by atoms with Crippen LogP contribution in [0.2, 0.25) is 0 Å². The van der Waals surface area contributed by atoms with Crippen molar-refractivity contribution >= 4 is 28.7 Å². The van der Waals surface area contributed by atoms with Crippen LogP contribution in [0.5, 0.6) is 0 Å². The number of carbonyl (C=O) groups excluding carboxylic acids is 1. The molecule has 1 aliphatic rings. The number of fused-ring (bicyclic) bond motifs is 1. The number of hydrogen-bond acceptors (Lipinski definition) is 5. The molecule has 1 aliphatic heterocycles. The SMILES string of the molecule is CSCC[C@@H](NC(=O)C1=COCCO1)c1nc2ccccc2[nH]1. The van der Waals surface area contributed by atoms with Crippen LogP contribution in [0.25, 0.3) is 11.0 Å². The van der Waals surface area contributed by atoms with Crippen molar-refractivity contribution in [2.45, 2.75) is 12.5 Å². The van der Waals surface area contributed by atoms with E-state index in [0.717, 1.165) is 29.0 Å². The standard InChI is InChI=1S/C16H19N3O3S/c1-23-9-6-13(19-16(20)14-10-21-7-8-22-14)15-17-11-4-2-3-5-12(11)18-15/h2-5,10,13H,6-9H2,1H3,(H,17,18)(H,19,20)/t13-/m1/s1. The van der Waals surface area contributed by atoms with Gasteiger partial charge in [-0.1, -0.05) is 12.1 Å². The molecular formula is C16H19N3O3S. The van der Waals surface area contributed by atoms with Gasteiger partial charge in [0, 0.05) is 0 Å². The van der Waals surface area contributed by atoms with E-state index in [1.165, 1.54) is 6.26 Å². The molecule has 1 atom stereocenters. The van der Waals surface area contributed by atoms with Crippen LogP contribution in [-0.2, 0) is 14.3 Å². The molecule has 6 nitrogen and oxygen atoms in total. The molecule has 0 spiro atoms. The first-order chi connectivity index (χ1) is 11.3. The Labute approximate surface area is 138 Å². The molecule has 1 amide bonds. The second-order valence-corrected chi connectivity index (χ2v) is 6.13. The minimum Gasteiger partial charge on any atom is -0.494 e. The topological polar surface area (TPSA) is 76.2 Å². The second-order valence-electron chi connectivity index (χ2n) is 5.15. The van der Waals surface area contributed by atoms with Gasteiger partial charge < -0.3 is 19.8 Å². The molecule has 0 fully saturated rings. The molecule has 0 aliphatic carbocycles. The highest BCUT2D eigenvalue weighted by Crippen LogP contribution is 2.20. The highest BCUT2D eigenvalue weighted by molar-refractivity contribution is 7.98. The van der Waals surface area contributed by atoms with Gasteiger partial charge in [-0.3, -0.25) is 4.79 Å². The van der Waals surface area contributed by atoms with Crippen molar-refractivity contribution in [1.82, 2.24) is 15.3 Å². The maximum Gasteiger partial charge on any atom is 0.290 e. The normalized spacial score (nSPS) is 15.4. The van der Waals surface area contributed by atoms with Crippen LogP contribution in [0.1, 0.15) is 18.3 Å². The maximum absolute atomic E-state index is 12.3. The molecule has 3 rings (SSSR count). The number of imidazole rings is 1. The zero-order valence-electron chi connectivity index (χ0n) is 12.9. The van der Waals surface area contributed by atoms with Crippen LogP contribution in [-0.4, -0.2) is 41.1 Å². The van der Waals surface area contributed by atoms with Crippen molar-refractivity contribution in [3.63, 3.8) is 0 Å². The van der Waals surface area contributed by atoms with Crippen molar-refractivity contribution in [1.29, 1.82) is 0 Å². The van der Waals surface area contributed by atoms with Gasteiger partial charge in [0.1, 0.15) is 25.3 Å². The highest BCUT2D eigenvalue weighted by Gasteiger charge is 2.22. The summed E-state index contributed by atoms with van der Waals surface area (Å²) in [4.78, 5) is 20.2. The van der Waals surface area contributed by atoms with Crippen LogP contribution in [0.4, 0.5) is 0 Å². The average molecular weight is 333 g/mol. The number of H-pyrrole nitrogens is 1. The number of aromatic amines is 1. The van der Waals surface area contributed by atoms with Crippen molar-refractivity contribution in [2.24, 2.45) is 0 Å². The monoisotopic (exact) mass is 333 g/mol. The molecule has 0 saturated heterocycles. The lowest BCUT2D eigenvalue weighted by Gasteiger charge is -2.19. The van der Waals surface area contributed by atoms with Gasteiger partial charge >= 0.3 is 0 Å². The fourth-order valence-electron chi connectivity index (χ4n) is 2.37. The first kappa shape index (κ1) is 15.7. The number of thioether (sulfide) groups is 1. The lowest BCUT2D eigenvalue weighted by Crippen LogP contribution is -2.33. The minimum atomic E-state index is -0.281. The molecule has 0 bridgehead atoms.